The number of carbonyl (C=O) groups excluding carboxylic acids is 2. The van der Waals surface area contributed by atoms with E-state index in [2.05, 4.69) is 26.2 Å². The van der Waals surface area contributed by atoms with Crippen molar-refractivity contribution in [3.05, 3.63) is 89.7 Å². The summed E-state index contributed by atoms with van der Waals surface area (Å²) in [7, 11) is 0. The van der Waals surface area contributed by atoms with Crippen LogP contribution in [-0.2, 0) is 11.0 Å². The van der Waals surface area contributed by atoms with E-state index in [4.69, 9.17) is 4.74 Å². The van der Waals surface area contributed by atoms with Gasteiger partial charge in [-0.05, 0) is 65.4 Å². The molecule has 12 heteroatoms. The number of hydrogen-bond acceptors (Lipinski definition) is 6. The van der Waals surface area contributed by atoms with Crippen LogP contribution in [0.2, 0.25) is 0 Å². The molecule has 0 fully saturated rings. The number of carbonyl (C=O) groups is 2. The minimum Gasteiger partial charge on any atom is -0.483 e. The molecule has 4 aromatic rings. The third kappa shape index (κ3) is 5.66. The Hall–Kier alpha value is -4.74. The van der Waals surface area contributed by atoms with Crippen LogP contribution in [0.3, 0.4) is 0 Å². The highest BCUT2D eigenvalue weighted by molar-refractivity contribution is 6.06. The van der Waals surface area contributed by atoms with Gasteiger partial charge in [0.05, 0.1) is 16.8 Å². The van der Waals surface area contributed by atoms with Crippen molar-refractivity contribution in [2.24, 2.45) is 0 Å². The lowest BCUT2D eigenvalue weighted by Crippen LogP contribution is -2.22. The summed E-state index contributed by atoms with van der Waals surface area (Å²) in [5.41, 5.74) is 1.16. The van der Waals surface area contributed by atoms with Gasteiger partial charge in [-0.1, -0.05) is 24.3 Å². The summed E-state index contributed by atoms with van der Waals surface area (Å²) in [5.74, 6) is -1.04. The first kappa shape index (κ1) is 24.4. The first-order chi connectivity index (χ1) is 17.2. The molecule has 0 unspecified atom stereocenters. The highest BCUT2D eigenvalue weighted by Crippen LogP contribution is 2.30. The van der Waals surface area contributed by atoms with Gasteiger partial charge in [0, 0.05) is 11.4 Å². The molecule has 9 nitrogen and oxygen atoms in total. The standard InChI is InChI=1S/C24H19F3N6O3/c1-15-19(9-5-10-20(15)33-14-28-31-32-33)30-23(35)18-8-2-3-11-21(18)36-13-22(34)29-17-7-4-6-16(12-17)24(25,26)27/h2-12,14H,13H2,1H3,(H,29,34)(H,30,35). The largest absolute Gasteiger partial charge is 0.483 e. The zero-order chi connectivity index (χ0) is 25.7. The Morgan fingerprint density at radius 3 is 2.53 bits per heavy atom. The number of amides is 2. The van der Waals surface area contributed by atoms with Crippen LogP contribution in [0.4, 0.5) is 24.5 Å². The van der Waals surface area contributed by atoms with E-state index in [1.54, 1.807) is 37.3 Å². The Morgan fingerprint density at radius 2 is 1.78 bits per heavy atom. The Kier molecular flexibility index (Phi) is 6.95. The number of halogens is 3. The number of para-hydroxylation sites is 1. The van der Waals surface area contributed by atoms with E-state index in [1.807, 2.05) is 0 Å². The second kappa shape index (κ2) is 10.3. The first-order valence-electron chi connectivity index (χ1n) is 10.6. The van der Waals surface area contributed by atoms with Crippen LogP contribution in [0, 0.1) is 6.92 Å². The van der Waals surface area contributed by atoms with Gasteiger partial charge in [0.1, 0.15) is 12.1 Å². The monoisotopic (exact) mass is 496 g/mol. The van der Waals surface area contributed by atoms with Crippen molar-refractivity contribution in [3.63, 3.8) is 0 Å². The van der Waals surface area contributed by atoms with E-state index < -0.39 is 30.2 Å². The summed E-state index contributed by atoms with van der Waals surface area (Å²) in [6, 6.07) is 15.8. The number of alkyl halides is 3. The van der Waals surface area contributed by atoms with Gasteiger partial charge in [0.15, 0.2) is 6.61 Å². The molecule has 1 heterocycles. The van der Waals surface area contributed by atoms with Crippen LogP contribution in [-0.4, -0.2) is 38.6 Å². The lowest BCUT2D eigenvalue weighted by atomic mass is 10.1. The van der Waals surface area contributed by atoms with E-state index in [0.717, 1.165) is 17.7 Å². The second-order valence-corrected chi connectivity index (χ2v) is 7.57. The SMILES string of the molecule is Cc1c(NC(=O)c2ccccc2OCC(=O)Nc2cccc(C(F)(F)F)c2)cccc1-n1cnnn1. The zero-order valence-corrected chi connectivity index (χ0v) is 18.8. The average Bonchev–Trinajstić information content (AvgIpc) is 3.38. The summed E-state index contributed by atoms with van der Waals surface area (Å²) in [5, 5.41) is 16.2. The number of benzene rings is 3. The van der Waals surface area contributed by atoms with Crippen molar-refractivity contribution >= 4 is 23.2 Å². The molecule has 0 atom stereocenters. The maximum atomic E-state index is 13.0. The molecule has 0 saturated carbocycles. The molecule has 184 valence electrons. The molecule has 4 rings (SSSR count). The van der Waals surface area contributed by atoms with E-state index in [-0.39, 0.29) is 17.0 Å². The van der Waals surface area contributed by atoms with E-state index in [0.29, 0.717) is 11.4 Å². The number of nitrogens with zero attached hydrogens (tertiary/aromatic N) is 4. The summed E-state index contributed by atoms with van der Waals surface area (Å²) >= 11 is 0. The molecule has 2 amide bonds. The van der Waals surface area contributed by atoms with Crippen LogP contribution < -0.4 is 15.4 Å². The maximum Gasteiger partial charge on any atom is 0.416 e. The molecule has 0 aliphatic rings. The average molecular weight is 496 g/mol. The molecule has 0 aliphatic carbocycles. The third-order valence-corrected chi connectivity index (χ3v) is 5.11. The van der Waals surface area contributed by atoms with Gasteiger partial charge in [-0.3, -0.25) is 9.59 Å². The van der Waals surface area contributed by atoms with Gasteiger partial charge in [-0.15, -0.1) is 5.10 Å². The third-order valence-electron chi connectivity index (χ3n) is 5.11. The zero-order valence-electron chi connectivity index (χ0n) is 18.8. The Bertz CT molecular complexity index is 1390. The fraction of sp³-hybridized carbons (Fsp3) is 0.125. The van der Waals surface area contributed by atoms with Crippen LogP contribution in [0.25, 0.3) is 5.69 Å². The molecule has 0 aliphatic heterocycles. The Morgan fingerprint density at radius 1 is 1.00 bits per heavy atom. The van der Waals surface area contributed by atoms with Crippen LogP contribution in [0.1, 0.15) is 21.5 Å². The maximum absolute atomic E-state index is 13.0. The van der Waals surface area contributed by atoms with Crippen LogP contribution in [0.5, 0.6) is 5.75 Å². The van der Waals surface area contributed by atoms with E-state index in [1.165, 1.54) is 35.3 Å². The highest BCUT2D eigenvalue weighted by atomic mass is 19.4. The molecular weight excluding hydrogens is 477 g/mol. The summed E-state index contributed by atoms with van der Waals surface area (Å²) in [6.45, 7) is 1.28. The number of rotatable bonds is 7. The fourth-order valence-electron chi connectivity index (χ4n) is 3.36. The minimum absolute atomic E-state index is 0.0256. The summed E-state index contributed by atoms with van der Waals surface area (Å²) in [4.78, 5) is 25.3. The number of aromatic nitrogens is 4. The van der Waals surface area contributed by atoms with Gasteiger partial charge < -0.3 is 15.4 Å². The highest BCUT2D eigenvalue weighted by Gasteiger charge is 2.30. The van der Waals surface area contributed by atoms with Crippen LogP contribution in [0.15, 0.2) is 73.1 Å². The number of nitrogens with one attached hydrogen (secondary N) is 2. The van der Waals surface area contributed by atoms with Crippen molar-refractivity contribution in [2.75, 3.05) is 17.2 Å². The molecular formula is C24H19F3N6O3. The molecule has 3 aromatic carbocycles. The number of ether oxygens (including phenoxy) is 1. The predicted molar refractivity (Wildman–Crippen MR) is 124 cm³/mol. The van der Waals surface area contributed by atoms with Crippen LogP contribution >= 0.6 is 0 Å². The van der Waals surface area contributed by atoms with Crippen molar-refractivity contribution < 1.29 is 27.5 Å². The predicted octanol–water partition coefficient (Wildman–Crippen LogP) is 4.26. The smallest absolute Gasteiger partial charge is 0.416 e. The Labute approximate surface area is 202 Å². The number of hydrogen-bond donors (Lipinski definition) is 2. The summed E-state index contributed by atoms with van der Waals surface area (Å²) < 4.78 is 45.6. The first-order valence-corrected chi connectivity index (χ1v) is 10.6. The van der Waals surface area contributed by atoms with Crippen molar-refractivity contribution in [3.8, 4) is 11.4 Å². The van der Waals surface area contributed by atoms with Gasteiger partial charge in [0.2, 0.25) is 0 Å². The van der Waals surface area contributed by atoms with E-state index in [9.17, 15) is 22.8 Å². The molecule has 0 spiro atoms. The molecule has 36 heavy (non-hydrogen) atoms. The second-order valence-electron chi connectivity index (χ2n) is 7.57. The number of anilines is 2. The molecule has 1 aromatic heterocycles. The Balaban J connectivity index is 1.44. The lowest BCUT2D eigenvalue weighted by molar-refractivity contribution is -0.137. The topological polar surface area (TPSA) is 111 Å². The minimum atomic E-state index is -4.53. The van der Waals surface area contributed by atoms with Gasteiger partial charge in [-0.2, -0.15) is 13.2 Å². The fourth-order valence-corrected chi connectivity index (χ4v) is 3.36. The van der Waals surface area contributed by atoms with Crippen molar-refractivity contribution in [1.82, 2.24) is 20.2 Å². The quantitative estimate of drug-likeness (QED) is 0.396. The summed E-state index contributed by atoms with van der Waals surface area (Å²) in [6.07, 6.45) is -3.10. The van der Waals surface area contributed by atoms with Gasteiger partial charge >= 0.3 is 6.18 Å². The van der Waals surface area contributed by atoms with Gasteiger partial charge in [-0.25, -0.2) is 4.68 Å². The van der Waals surface area contributed by atoms with Crippen molar-refractivity contribution in [2.45, 2.75) is 13.1 Å². The lowest BCUT2D eigenvalue weighted by Gasteiger charge is -2.14. The molecule has 0 bridgehead atoms. The number of tetrazole rings is 1. The normalized spacial score (nSPS) is 11.1. The van der Waals surface area contributed by atoms with Gasteiger partial charge in [0.25, 0.3) is 11.8 Å². The molecule has 0 radical (unpaired) electrons. The van der Waals surface area contributed by atoms with E-state index >= 15 is 0 Å². The molecule has 2 N–H and O–H groups in total. The van der Waals surface area contributed by atoms with Crippen molar-refractivity contribution in [1.29, 1.82) is 0 Å². The molecule has 0 saturated heterocycles.